The van der Waals surface area contributed by atoms with Crippen LogP contribution in [0.3, 0.4) is 0 Å². The summed E-state index contributed by atoms with van der Waals surface area (Å²) in [6, 6.07) is 1.75. The van der Waals surface area contributed by atoms with Gasteiger partial charge in [-0.15, -0.1) is 0 Å². The van der Waals surface area contributed by atoms with E-state index in [4.69, 9.17) is 9.47 Å². The zero-order valence-electron chi connectivity index (χ0n) is 11.9. The lowest BCUT2D eigenvalue weighted by atomic mass is 10.3. The van der Waals surface area contributed by atoms with E-state index in [9.17, 15) is 4.79 Å². The third kappa shape index (κ3) is 4.40. The maximum atomic E-state index is 11.4. The Kier molecular flexibility index (Phi) is 6.08. The highest BCUT2D eigenvalue weighted by Crippen LogP contribution is 2.28. The average Bonchev–Trinajstić information content (AvgIpc) is 2.42. The molecule has 0 aliphatic heterocycles. The van der Waals surface area contributed by atoms with E-state index in [-0.39, 0.29) is 5.91 Å². The van der Waals surface area contributed by atoms with E-state index in [2.05, 4.69) is 10.3 Å². The van der Waals surface area contributed by atoms with Crippen LogP contribution >= 0.6 is 0 Å². The van der Waals surface area contributed by atoms with Crippen LogP contribution in [0.2, 0.25) is 0 Å². The molecule has 0 saturated carbocycles. The normalized spacial score (nSPS) is 10.1. The zero-order valence-corrected chi connectivity index (χ0v) is 11.9. The van der Waals surface area contributed by atoms with Gasteiger partial charge in [0, 0.05) is 45.9 Å². The van der Waals surface area contributed by atoms with Gasteiger partial charge in [-0.1, -0.05) is 0 Å². The molecular weight excluding hydrogens is 246 g/mol. The predicted octanol–water partition coefficient (Wildman–Crippen LogP) is 0.667. The van der Waals surface area contributed by atoms with Crippen LogP contribution in [0.1, 0.15) is 12.1 Å². The third-order valence-electron chi connectivity index (χ3n) is 2.67. The van der Waals surface area contributed by atoms with Crippen molar-refractivity contribution in [1.82, 2.24) is 15.2 Å². The van der Waals surface area contributed by atoms with Crippen molar-refractivity contribution in [3.63, 3.8) is 0 Å². The zero-order chi connectivity index (χ0) is 14.3. The van der Waals surface area contributed by atoms with Crippen molar-refractivity contribution >= 4 is 5.91 Å². The summed E-state index contributed by atoms with van der Waals surface area (Å²) in [4.78, 5) is 17.2. The van der Waals surface area contributed by atoms with E-state index in [0.29, 0.717) is 31.0 Å². The summed E-state index contributed by atoms with van der Waals surface area (Å²) >= 11 is 0. The number of carbonyl (C=O) groups excluding carboxylic acids is 1. The van der Waals surface area contributed by atoms with Crippen molar-refractivity contribution in [2.75, 3.05) is 34.9 Å². The van der Waals surface area contributed by atoms with Gasteiger partial charge in [0.1, 0.15) is 0 Å². The summed E-state index contributed by atoms with van der Waals surface area (Å²) in [5.41, 5.74) is 0.763. The van der Waals surface area contributed by atoms with Gasteiger partial charge < -0.3 is 19.7 Å². The van der Waals surface area contributed by atoms with Crippen molar-refractivity contribution in [2.24, 2.45) is 0 Å². The predicted molar refractivity (Wildman–Crippen MR) is 72.4 cm³/mol. The third-order valence-corrected chi connectivity index (χ3v) is 2.67. The largest absolute Gasteiger partial charge is 0.493 e. The Labute approximate surface area is 113 Å². The SMILES string of the molecule is COc1ccnc(CNCCC(=O)N(C)C)c1OC. The molecule has 0 unspecified atom stereocenters. The molecule has 0 saturated heterocycles. The second kappa shape index (κ2) is 7.58. The first kappa shape index (κ1) is 15.2. The van der Waals surface area contributed by atoms with Gasteiger partial charge in [0.2, 0.25) is 5.91 Å². The standard InChI is InChI=1S/C13H21N3O3/c1-16(2)12(17)6-7-14-9-10-13(19-4)11(18-3)5-8-15-10/h5,8,14H,6-7,9H2,1-4H3. The molecule has 19 heavy (non-hydrogen) atoms. The number of ether oxygens (including phenoxy) is 2. The average molecular weight is 267 g/mol. The monoisotopic (exact) mass is 267 g/mol. The van der Waals surface area contributed by atoms with E-state index in [1.165, 1.54) is 0 Å². The molecule has 0 fully saturated rings. The molecule has 0 spiro atoms. The van der Waals surface area contributed by atoms with Crippen molar-refractivity contribution in [3.05, 3.63) is 18.0 Å². The Hall–Kier alpha value is -1.82. The Morgan fingerprint density at radius 3 is 2.68 bits per heavy atom. The van der Waals surface area contributed by atoms with Crippen LogP contribution in [0, 0.1) is 0 Å². The van der Waals surface area contributed by atoms with Crippen molar-refractivity contribution in [3.8, 4) is 11.5 Å². The molecule has 1 rings (SSSR count). The summed E-state index contributed by atoms with van der Waals surface area (Å²) < 4.78 is 10.5. The molecule has 0 aromatic carbocycles. The molecule has 0 aliphatic carbocycles. The second-order valence-electron chi connectivity index (χ2n) is 4.21. The van der Waals surface area contributed by atoms with Crippen molar-refractivity contribution in [1.29, 1.82) is 0 Å². The van der Waals surface area contributed by atoms with Crippen molar-refractivity contribution < 1.29 is 14.3 Å². The highest BCUT2D eigenvalue weighted by Gasteiger charge is 2.10. The van der Waals surface area contributed by atoms with Crippen LogP contribution in [-0.4, -0.2) is 50.7 Å². The van der Waals surface area contributed by atoms with E-state index < -0.39 is 0 Å². The van der Waals surface area contributed by atoms with Gasteiger partial charge in [-0.3, -0.25) is 9.78 Å². The number of rotatable bonds is 7. The van der Waals surface area contributed by atoms with Gasteiger partial charge >= 0.3 is 0 Å². The molecule has 0 bridgehead atoms. The Morgan fingerprint density at radius 1 is 1.37 bits per heavy atom. The van der Waals surface area contributed by atoms with Crippen molar-refractivity contribution in [2.45, 2.75) is 13.0 Å². The molecule has 6 nitrogen and oxygen atoms in total. The molecule has 1 aromatic rings. The van der Waals surface area contributed by atoms with Gasteiger partial charge in [0.15, 0.2) is 11.5 Å². The van der Waals surface area contributed by atoms with Gasteiger partial charge in [0.05, 0.1) is 19.9 Å². The topological polar surface area (TPSA) is 63.7 Å². The summed E-state index contributed by atoms with van der Waals surface area (Å²) in [5, 5.41) is 3.17. The minimum absolute atomic E-state index is 0.0954. The smallest absolute Gasteiger partial charge is 0.223 e. The highest BCUT2D eigenvalue weighted by molar-refractivity contribution is 5.75. The van der Waals surface area contributed by atoms with Crippen LogP contribution < -0.4 is 14.8 Å². The number of amides is 1. The molecule has 6 heteroatoms. The van der Waals surface area contributed by atoms with Gasteiger partial charge in [-0.2, -0.15) is 0 Å². The number of carbonyl (C=O) groups is 1. The number of hydrogen-bond donors (Lipinski definition) is 1. The number of nitrogens with one attached hydrogen (secondary N) is 1. The maximum Gasteiger partial charge on any atom is 0.223 e. The van der Waals surface area contributed by atoms with E-state index >= 15 is 0 Å². The molecule has 106 valence electrons. The lowest BCUT2D eigenvalue weighted by molar-refractivity contribution is -0.128. The number of methoxy groups -OCH3 is 2. The van der Waals surface area contributed by atoms with Crippen LogP contribution in [0.15, 0.2) is 12.3 Å². The van der Waals surface area contributed by atoms with E-state index in [1.807, 2.05) is 0 Å². The lowest BCUT2D eigenvalue weighted by Gasteiger charge is -2.13. The number of nitrogens with zero attached hydrogens (tertiary/aromatic N) is 2. The van der Waals surface area contributed by atoms with E-state index in [1.54, 1.807) is 45.5 Å². The Balaban J connectivity index is 2.51. The van der Waals surface area contributed by atoms with Crippen LogP contribution in [0.5, 0.6) is 11.5 Å². The van der Waals surface area contributed by atoms with Crippen LogP contribution in [-0.2, 0) is 11.3 Å². The quantitative estimate of drug-likeness (QED) is 0.736. The van der Waals surface area contributed by atoms with E-state index in [0.717, 1.165) is 5.69 Å². The molecule has 1 amide bonds. The number of aromatic nitrogens is 1. The second-order valence-corrected chi connectivity index (χ2v) is 4.21. The summed E-state index contributed by atoms with van der Waals surface area (Å²) in [7, 11) is 6.66. The molecule has 1 N–H and O–H groups in total. The van der Waals surface area contributed by atoms with Gasteiger partial charge in [-0.25, -0.2) is 0 Å². The summed E-state index contributed by atoms with van der Waals surface area (Å²) in [6.07, 6.45) is 2.13. The molecule has 0 aliphatic rings. The summed E-state index contributed by atoms with van der Waals surface area (Å²) in [6.45, 7) is 1.13. The fourth-order valence-corrected chi connectivity index (χ4v) is 1.60. The summed E-state index contributed by atoms with van der Waals surface area (Å²) in [5.74, 6) is 1.37. The van der Waals surface area contributed by atoms with Gasteiger partial charge in [0.25, 0.3) is 0 Å². The van der Waals surface area contributed by atoms with Crippen LogP contribution in [0.4, 0.5) is 0 Å². The number of pyridine rings is 1. The Morgan fingerprint density at radius 2 is 2.11 bits per heavy atom. The first-order valence-corrected chi connectivity index (χ1v) is 6.06. The highest BCUT2D eigenvalue weighted by atomic mass is 16.5. The van der Waals surface area contributed by atoms with Gasteiger partial charge in [-0.05, 0) is 0 Å². The minimum Gasteiger partial charge on any atom is -0.493 e. The fraction of sp³-hybridized carbons (Fsp3) is 0.538. The molecule has 1 heterocycles. The molecule has 0 radical (unpaired) electrons. The first-order chi connectivity index (χ1) is 9.10. The minimum atomic E-state index is 0.0954. The lowest BCUT2D eigenvalue weighted by Crippen LogP contribution is -2.26. The molecule has 0 atom stereocenters. The van der Waals surface area contributed by atoms with Crippen LogP contribution in [0.25, 0.3) is 0 Å². The first-order valence-electron chi connectivity index (χ1n) is 6.06. The fourth-order valence-electron chi connectivity index (χ4n) is 1.60. The molecular formula is C13H21N3O3. The number of hydrogen-bond acceptors (Lipinski definition) is 5. The Bertz CT molecular complexity index is 422. The maximum absolute atomic E-state index is 11.4. The molecule has 1 aromatic heterocycles.